The molecule has 1 saturated heterocycles. The van der Waals surface area contributed by atoms with Gasteiger partial charge >= 0.3 is 12.1 Å². The summed E-state index contributed by atoms with van der Waals surface area (Å²) in [6.07, 6.45) is -3.18. The first-order chi connectivity index (χ1) is 10.2. The van der Waals surface area contributed by atoms with E-state index < -0.39 is 35.2 Å². The van der Waals surface area contributed by atoms with Crippen molar-refractivity contribution in [2.24, 2.45) is 11.8 Å². The monoisotopic (exact) mass is 316 g/mol. The number of halogens is 3. The van der Waals surface area contributed by atoms with Crippen molar-refractivity contribution in [2.75, 3.05) is 13.1 Å². The molecule has 0 bridgehead atoms. The molecule has 8 heteroatoms. The molecule has 1 fully saturated rings. The third-order valence-electron chi connectivity index (χ3n) is 3.61. The predicted molar refractivity (Wildman–Crippen MR) is 70.0 cm³/mol. The molecule has 2 unspecified atom stereocenters. The van der Waals surface area contributed by atoms with Crippen LogP contribution in [0, 0.1) is 11.8 Å². The van der Waals surface area contributed by atoms with Gasteiger partial charge in [-0.3, -0.25) is 14.6 Å². The van der Waals surface area contributed by atoms with Crippen molar-refractivity contribution in [2.45, 2.75) is 19.5 Å². The number of carboxylic acid groups (broad SMARTS) is 1. The molecule has 0 saturated carbocycles. The first kappa shape index (κ1) is 16.3. The second-order valence-electron chi connectivity index (χ2n) is 5.48. The van der Waals surface area contributed by atoms with Gasteiger partial charge in [-0.1, -0.05) is 6.92 Å². The third-order valence-corrected chi connectivity index (χ3v) is 3.61. The molecule has 2 heterocycles. The summed E-state index contributed by atoms with van der Waals surface area (Å²) in [7, 11) is 0. The molecule has 0 radical (unpaired) electrons. The number of carbonyl (C=O) groups is 2. The summed E-state index contributed by atoms with van der Waals surface area (Å²) in [4.78, 5) is 28.1. The molecule has 22 heavy (non-hydrogen) atoms. The van der Waals surface area contributed by atoms with Crippen LogP contribution >= 0.6 is 0 Å². The molecule has 120 valence electrons. The lowest BCUT2D eigenvalue weighted by atomic mass is 9.90. The van der Waals surface area contributed by atoms with E-state index in [0.29, 0.717) is 6.42 Å². The highest BCUT2D eigenvalue weighted by atomic mass is 19.4. The number of carboxylic acids is 1. The highest BCUT2D eigenvalue weighted by Crippen LogP contribution is 2.32. The zero-order valence-corrected chi connectivity index (χ0v) is 11.8. The van der Waals surface area contributed by atoms with Gasteiger partial charge in [0.05, 0.1) is 11.5 Å². The van der Waals surface area contributed by atoms with Crippen LogP contribution in [-0.2, 0) is 11.0 Å². The van der Waals surface area contributed by atoms with Crippen molar-refractivity contribution in [1.82, 2.24) is 9.88 Å². The Bertz CT molecular complexity index is 589. The predicted octanol–water partition coefficient (Wildman–Crippen LogP) is 2.28. The maximum atomic E-state index is 13.0. The van der Waals surface area contributed by atoms with Crippen LogP contribution in [0.25, 0.3) is 0 Å². The molecular formula is C14H15F3N2O3. The minimum atomic E-state index is -4.69. The van der Waals surface area contributed by atoms with Crippen LogP contribution in [0.15, 0.2) is 18.3 Å². The van der Waals surface area contributed by atoms with Gasteiger partial charge in [-0.15, -0.1) is 0 Å². The Morgan fingerprint density at radius 2 is 2.05 bits per heavy atom. The van der Waals surface area contributed by atoms with Gasteiger partial charge in [0.15, 0.2) is 0 Å². The fourth-order valence-electron chi connectivity index (χ4n) is 2.65. The van der Waals surface area contributed by atoms with Crippen molar-refractivity contribution >= 4 is 11.9 Å². The summed E-state index contributed by atoms with van der Waals surface area (Å²) < 4.78 is 38.9. The van der Waals surface area contributed by atoms with Crippen molar-refractivity contribution < 1.29 is 27.9 Å². The molecular weight excluding hydrogens is 301 g/mol. The van der Waals surface area contributed by atoms with E-state index in [1.807, 2.05) is 0 Å². The van der Waals surface area contributed by atoms with Crippen LogP contribution in [0.2, 0.25) is 0 Å². The van der Waals surface area contributed by atoms with E-state index in [9.17, 15) is 22.8 Å². The number of likely N-dealkylation sites (tertiary alicyclic amines) is 1. The van der Waals surface area contributed by atoms with Crippen molar-refractivity contribution in [3.8, 4) is 0 Å². The first-order valence-electron chi connectivity index (χ1n) is 6.74. The molecule has 1 aromatic heterocycles. The molecule has 0 aliphatic carbocycles. The van der Waals surface area contributed by atoms with Crippen LogP contribution in [0.1, 0.15) is 29.4 Å². The zero-order valence-electron chi connectivity index (χ0n) is 11.8. The van der Waals surface area contributed by atoms with Gasteiger partial charge in [0.2, 0.25) is 0 Å². The minimum Gasteiger partial charge on any atom is -0.481 e. The Kier molecular flexibility index (Phi) is 4.39. The second kappa shape index (κ2) is 5.94. The Morgan fingerprint density at radius 3 is 2.64 bits per heavy atom. The van der Waals surface area contributed by atoms with E-state index >= 15 is 0 Å². The van der Waals surface area contributed by atoms with Crippen molar-refractivity contribution in [3.05, 3.63) is 29.6 Å². The number of hydrogen-bond donors (Lipinski definition) is 1. The van der Waals surface area contributed by atoms with Crippen LogP contribution in [0.3, 0.4) is 0 Å². The molecule has 1 aliphatic heterocycles. The van der Waals surface area contributed by atoms with Crippen LogP contribution in [0.5, 0.6) is 0 Å². The van der Waals surface area contributed by atoms with E-state index in [2.05, 4.69) is 4.98 Å². The maximum absolute atomic E-state index is 13.0. The summed E-state index contributed by atoms with van der Waals surface area (Å²) in [6.45, 7) is 1.88. The zero-order chi connectivity index (χ0) is 16.5. The Balaban J connectivity index is 2.30. The average molecular weight is 316 g/mol. The average Bonchev–Trinajstić information content (AvgIpc) is 2.45. The van der Waals surface area contributed by atoms with Crippen LogP contribution in [0.4, 0.5) is 13.2 Å². The normalized spacial score (nSPS) is 22.5. The number of alkyl halides is 3. The maximum Gasteiger partial charge on any atom is 0.418 e. The number of rotatable bonds is 2. The number of amides is 1. The fraction of sp³-hybridized carbons (Fsp3) is 0.500. The second-order valence-corrected chi connectivity index (χ2v) is 5.48. The quantitative estimate of drug-likeness (QED) is 0.909. The largest absolute Gasteiger partial charge is 0.481 e. The summed E-state index contributed by atoms with van der Waals surface area (Å²) >= 11 is 0. The Hall–Kier alpha value is -2.12. The number of hydrogen-bond acceptors (Lipinski definition) is 3. The van der Waals surface area contributed by atoms with E-state index in [-0.39, 0.29) is 19.0 Å². The lowest BCUT2D eigenvalue weighted by Crippen LogP contribution is -2.46. The molecule has 1 N–H and O–H groups in total. The standard InChI is InChI=1S/C14H15F3N2O3/c1-8-5-9(13(21)22)7-19(6-8)12(20)11-10(14(15,16)17)3-2-4-18-11/h2-4,8-9H,5-7H2,1H3,(H,21,22). The minimum absolute atomic E-state index is 0.100. The number of piperidine rings is 1. The van der Waals surface area contributed by atoms with Gasteiger partial charge < -0.3 is 10.0 Å². The SMILES string of the molecule is CC1CC(C(=O)O)CN(C(=O)c2ncccc2C(F)(F)F)C1. The Morgan fingerprint density at radius 1 is 1.36 bits per heavy atom. The molecule has 5 nitrogen and oxygen atoms in total. The van der Waals surface area contributed by atoms with E-state index in [0.717, 1.165) is 23.2 Å². The van der Waals surface area contributed by atoms with Crippen LogP contribution in [-0.4, -0.2) is 40.0 Å². The summed E-state index contributed by atoms with van der Waals surface area (Å²) in [5.41, 5.74) is -1.79. The summed E-state index contributed by atoms with van der Waals surface area (Å²) in [5, 5.41) is 9.08. The van der Waals surface area contributed by atoms with Gasteiger partial charge in [-0.2, -0.15) is 13.2 Å². The topological polar surface area (TPSA) is 70.5 Å². The highest BCUT2D eigenvalue weighted by Gasteiger charge is 2.39. The van der Waals surface area contributed by atoms with Gasteiger partial charge in [0.1, 0.15) is 5.69 Å². The lowest BCUT2D eigenvalue weighted by Gasteiger charge is -2.34. The number of carbonyl (C=O) groups excluding carboxylic acids is 1. The van der Waals surface area contributed by atoms with Crippen LogP contribution < -0.4 is 0 Å². The lowest BCUT2D eigenvalue weighted by molar-refractivity contribution is -0.144. The first-order valence-corrected chi connectivity index (χ1v) is 6.74. The molecule has 2 atom stereocenters. The summed E-state index contributed by atoms with van der Waals surface area (Å²) in [5.74, 6) is -2.81. The molecule has 2 rings (SSSR count). The molecule has 1 aliphatic rings. The number of pyridine rings is 1. The molecule has 0 aromatic carbocycles. The van der Waals surface area contributed by atoms with Gasteiger partial charge in [-0.25, -0.2) is 0 Å². The van der Waals surface area contributed by atoms with E-state index in [4.69, 9.17) is 5.11 Å². The summed E-state index contributed by atoms with van der Waals surface area (Å²) in [6, 6.07) is 1.90. The van der Waals surface area contributed by atoms with Gasteiger partial charge in [-0.05, 0) is 24.5 Å². The molecule has 1 amide bonds. The van der Waals surface area contributed by atoms with Crippen molar-refractivity contribution in [3.63, 3.8) is 0 Å². The molecule has 1 aromatic rings. The molecule has 0 spiro atoms. The Labute approximate surface area is 124 Å². The van der Waals surface area contributed by atoms with Gasteiger partial charge in [0.25, 0.3) is 5.91 Å². The smallest absolute Gasteiger partial charge is 0.418 e. The number of nitrogens with zero attached hydrogens (tertiary/aromatic N) is 2. The number of aromatic nitrogens is 1. The van der Waals surface area contributed by atoms with E-state index in [1.54, 1.807) is 6.92 Å². The van der Waals surface area contributed by atoms with Gasteiger partial charge in [0, 0.05) is 19.3 Å². The van der Waals surface area contributed by atoms with Crippen molar-refractivity contribution in [1.29, 1.82) is 0 Å². The van der Waals surface area contributed by atoms with E-state index in [1.165, 1.54) is 0 Å². The fourth-order valence-corrected chi connectivity index (χ4v) is 2.65. The highest BCUT2D eigenvalue weighted by molar-refractivity contribution is 5.94. The third kappa shape index (κ3) is 3.37. The number of aliphatic carboxylic acids is 1.